The number of esters is 1. The number of thioether (sulfide) groups is 1. The molecule has 0 aliphatic carbocycles. The van der Waals surface area contributed by atoms with Gasteiger partial charge in [0.25, 0.3) is 5.56 Å². The van der Waals surface area contributed by atoms with Crippen molar-refractivity contribution in [3.05, 3.63) is 45.7 Å². The number of rotatable bonds is 5. The SMILES string of the molecule is CC(C)OC(=O)CSc1nc(-c2ccc(C(C)(C)C)cc2)c(C#N)c(=O)[nH]1. The zero-order chi connectivity index (χ0) is 20.2. The van der Waals surface area contributed by atoms with Crippen LogP contribution < -0.4 is 5.56 Å². The van der Waals surface area contributed by atoms with E-state index in [2.05, 4.69) is 30.7 Å². The number of carbonyl (C=O) groups is 1. The zero-order valence-corrected chi connectivity index (χ0v) is 16.9. The van der Waals surface area contributed by atoms with E-state index in [1.54, 1.807) is 13.8 Å². The zero-order valence-electron chi connectivity index (χ0n) is 16.1. The third kappa shape index (κ3) is 5.44. The molecule has 0 spiro atoms. The first-order chi connectivity index (χ1) is 12.6. The molecule has 0 saturated heterocycles. The number of ether oxygens (including phenoxy) is 1. The summed E-state index contributed by atoms with van der Waals surface area (Å²) in [4.78, 5) is 30.9. The molecule has 0 aliphatic heterocycles. The highest BCUT2D eigenvalue weighted by Crippen LogP contribution is 2.27. The Labute approximate surface area is 163 Å². The molecule has 6 nitrogen and oxygen atoms in total. The largest absolute Gasteiger partial charge is 0.462 e. The Kier molecular flexibility index (Phi) is 6.45. The van der Waals surface area contributed by atoms with Crippen molar-refractivity contribution >= 4 is 17.7 Å². The molecule has 7 heteroatoms. The van der Waals surface area contributed by atoms with E-state index in [-0.39, 0.29) is 28.0 Å². The maximum atomic E-state index is 12.3. The van der Waals surface area contributed by atoms with Gasteiger partial charge in [-0.15, -0.1) is 0 Å². The summed E-state index contributed by atoms with van der Waals surface area (Å²) in [6.45, 7) is 9.87. The molecule has 2 aromatic rings. The number of benzene rings is 1. The first-order valence-electron chi connectivity index (χ1n) is 8.59. The fourth-order valence-electron chi connectivity index (χ4n) is 2.39. The molecular formula is C20H23N3O3S. The van der Waals surface area contributed by atoms with Gasteiger partial charge in [-0.2, -0.15) is 5.26 Å². The van der Waals surface area contributed by atoms with Gasteiger partial charge >= 0.3 is 5.97 Å². The normalized spacial score (nSPS) is 11.3. The van der Waals surface area contributed by atoms with Gasteiger partial charge < -0.3 is 9.72 Å². The van der Waals surface area contributed by atoms with Gasteiger partial charge in [0.2, 0.25) is 0 Å². The van der Waals surface area contributed by atoms with E-state index >= 15 is 0 Å². The molecule has 1 aromatic carbocycles. The first-order valence-corrected chi connectivity index (χ1v) is 9.58. The van der Waals surface area contributed by atoms with Gasteiger partial charge in [-0.05, 0) is 24.8 Å². The lowest BCUT2D eigenvalue weighted by molar-refractivity contribution is -0.144. The number of aromatic nitrogens is 2. The van der Waals surface area contributed by atoms with E-state index in [9.17, 15) is 14.9 Å². The van der Waals surface area contributed by atoms with Gasteiger partial charge in [-0.1, -0.05) is 56.8 Å². The van der Waals surface area contributed by atoms with Crippen molar-refractivity contribution in [2.24, 2.45) is 0 Å². The van der Waals surface area contributed by atoms with E-state index in [1.807, 2.05) is 30.3 Å². The van der Waals surface area contributed by atoms with Crippen LogP contribution in [0.5, 0.6) is 0 Å². The highest BCUT2D eigenvalue weighted by atomic mass is 32.2. The number of H-pyrrole nitrogens is 1. The smallest absolute Gasteiger partial charge is 0.316 e. The number of nitriles is 1. The molecule has 1 aromatic heterocycles. The van der Waals surface area contributed by atoms with Crippen molar-refractivity contribution in [3.8, 4) is 17.3 Å². The molecule has 0 unspecified atom stereocenters. The monoisotopic (exact) mass is 385 g/mol. The molecule has 0 aliphatic rings. The Morgan fingerprint density at radius 2 is 1.93 bits per heavy atom. The van der Waals surface area contributed by atoms with Crippen LogP contribution in [0.1, 0.15) is 45.7 Å². The molecule has 1 heterocycles. The third-order valence-electron chi connectivity index (χ3n) is 3.73. The summed E-state index contributed by atoms with van der Waals surface area (Å²) in [5.74, 6) is -0.367. The van der Waals surface area contributed by atoms with Gasteiger partial charge in [0.15, 0.2) is 5.16 Å². The third-order valence-corrected chi connectivity index (χ3v) is 4.57. The predicted molar refractivity (Wildman–Crippen MR) is 106 cm³/mol. The van der Waals surface area contributed by atoms with Crippen molar-refractivity contribution < 1.29 is 9.53 Å². The molecular weight excluding hydrogens is 362 g/mol. The van der Waals surface area contributed by atoms with Gasteiger partial charge in [0, 0.05) is 5.56 Å². The standard InChI is InChI=1S/C20H23N3O3S/c1-12(2)26-16(24)11-27-19-22-17(15(10-21)18(25)23-19)13-6-8-14(9-7-13)20(3,4)5/h6-9,12H,11H2,1-5H3,(H,22,23,25). The summed E-state index contributed by atoms with van der Waals surface area (Å²) in [6.07, 6.45) is -0.206. The van der Waals surface area contributed by atoms with Crippen molar-refractivity contribution in [2.75, 3.05) is 5.75 Å². The van der Waals surface area contributed by atoms with Crippen LogP contribution >= 0.6 is 11.8 Å². The lowest BCUT2D eigenvalue weighted by atomic mass is 9.86. The summed E-state index contributed by atoms with van der Waals surface area (Å²) >= 11 is 1.07. The Hall–Kier alpha value is -2.59. The van der Waals surface area contributed by atoms with Crippen LogP contribution in [0, 0.1) is 11.3 Å². The van der Waals surface area contributed by atoms with Crippen LogP contribution in [0.25, 0.3) is 11.3 Å². The van der Waals surface area contributed by atoms with Gasteiger partial charge in [0.1, 0.15) is 11.6 Å². The predicted octanol–water partition coefficient (Wildman–Crippen LogP) is 3.65. The number of aromatic amines is 1. The second kappa shape index (κ2) is 8.40. The van der Waals surface area contributed by atoms with E-state index in [0.717, 1.165) is 17.3 Å². The summed E-state index contributed by atoms with van der Waals surface area (Å²) in [5, 5.41) is 9.63. The van der Waals surface area contributed by atoms with E-state index < -0.39 is 11.5 Å². The second-order valence-corrected chi connectivity index (χ2v) is 8.33. The molecule has 1 N–H and O–H groups in total. The van der Waals surface area contributed by atoms with E-state index in [0.29, 0.717) is 11.3 Å². The molecule has 0 amide bonds. The Morgan fingerprint density at radius 3 is 2.44 bits per heavy atom. The molecule has 27 heavy (non-hydrogen) atoms. The van der Waals surface area contributed by atoms with Crippen molar-refractivity contribution in [3.63, 3.8) is 0 Å². The number of carbonyl (C=O) groups excluding carboxylic acids is 1. The van der Waals surface area contributed by atoms with Crippen LogP contribution in [0.3, 0.4) is 0 Å². The summed E-state index contributed by atoms with van der Waals surface area (Å²) in [5.41, 5.74) is 1.55. The lowest BCUT2D eigenvalue weighted by Gasteiger charge is -2.19. The summed E-state index contributed by atoms with van der Waals surface area (Å²) < 4.78 is 5.08. The molecule has 0 fully saturated rings. The summed E-state index contributed by atoms with van der Waals surface area (Å²) in [6, 6.07) is 9.55. The number of hydrogen-bond donors (Lipinski definition) is 1. The lowest BCUT2D eigenvalue weighted by Crippen LogP contribution is -2.17. The highest BCUT2D eigenvalue weighted by molar-refractivity contribution is 7.99. The average Bonchev–Trinajstić information content (AvgIpc) is 2.58. The first kappa shape index (κ1) is 20.7. The fraction of sp³-hybridized carbons (Fsp3) is 0.400. The topological polar surface area (TPSA) is 95.8 Å². The van der Waals surface area contributed by atoms with Gasteiger partial charge in [-0.25, -0.2) is 4.98 Å². The van der Waals surface area contributed by atoms with Gasteiger partial charge in [0.05, 0.1) is 17.6 Å². The van der Waals surface area contributed by atoms with Crippen LogP contribution in [0.4, 0.5) is 0 Å². The minimum atomic E-state index is -0.526. The molecule has 0 atom stereocenters. The van der Waals surface area contributed by atoms with Crippen LogP contribution in [-0.2, 0) is 14.9 Å². The van der Waals surface area contributed by atoms with Gasteiger partial charge in [-0.3, -0.25) is 9.59 Å². The quantitative estimate of drug-likeness (QED) is 0.479. The minimum Gasteiger partial charge on any atom is -0.462 e. The maximum Gasteiger partial charge on any atom is 0.316 e. The Balaban J connectivity index is 2.35. The van der Waals surface area contributed by atoms with Crippen molar-refractivity contribution in [1.82, 2.24) is 9.97 Å². The Morgan fingerprint density at radius 1 is 1.30 bits per heavy atom. The fourth-order valence-corrected chi connectivity index (χ4v) is 3.03. The Bertz CT molecular complexity index is 919. The molecule has 2 rings (SSSR count). The molecule has 0 bridgehead atoms. The van der Waals surface area contributed by atoms with Crippen LogP contribution in [-0.4, -0.2) is 27.8 Å². The van der Waals surface area contributed by atoms with E-state index in [4.69, 9.17) is 4.74 Å². The minimum absolute atomic E-state index is 0.00400. The van der Waals surface area contributed by atoms with Crippen molar-refractivity contribution in [2.45, 2.75) is 51.3 Å². The molecule has 0 radical (unpaired) electrons. The number of hydrogen-bond acceptors (Lipinski definition) is 6. The maximum absolute atomic E-state index is 12.3. The number of nitrogens with zero attached hydrogens (tertiary/aromatic N) is 2. The van der Waals surface area contributed by atoms with E-state index in [1.165, 1.54) is 0 Å². The molecule has 0 saturated carbocycles. The van der Waals surface area contributed by atoms with Crippen molar-refractivity contribution in [1.29, 1.82) is 5.26 Å². The highest BCUT2D eigenvalue weighted by Gasteiger charge is 2.17. The van der Waals surface area contributed by atoms with Crippen LogP contribution in [0.2, 0.25) is 0 Å². The number of nitrogens with one attached hydrogen (secondary N) is 1. The molecule has 142 valence electrons. The van der Waals surface area contributed by atoms with Crippen LogP contribution in [0.15, 0.2) is 34.2 Å². The average molecular weight is 385 g/mol. The summed E-state index contributed by atoms with van der Waals surface area (Å²) in [7, 11) is 0. The second-order valence-electron chi connectivity index (χ2n) is 7.36.